The zero-order valence-corrected chi connectivity index (χ0v) is 11.5. The maximum atomic E-state index is 11.9. The molecule has 0 N–H and O–H groups in total. The molecule has 0 aromatic carbocycles. The van der Waals surface area contributed by atoms with Crippen molar-refractivity contribution < 1.29 is 9.53 Å². The van der Waals surface area contributed by atoms with Crippen LogP contribution in [0.1, 0.15) is 39.5 Å². The Hall–Kier alpha value is -0.220. The number of nitrogens with zero attached hydrogens (tertiary/aromatic N) is 1. The van der Waals surface area contributed by atoms with Crippen LogP contribution in [0.25, 0.3) is 0 Å². The number of carbonyl (C=O) groups is 1. The molecule has 3 rings (SSSR count). The number of thioether (sulfide) groups is 1. The van der Waals surface area contributed by atoms with Crippen LogP contribution in [-0.4, -0.2) is 40.7 Å². The van der Waals surface area contributed by atoms with Crippen molar-refractivity contribution in [3.63, 3.8) is 0 Å². The number of hydrogen-bond acceptors (Lipinski definition) is 3. The molecular formula is C13H21NO2S. The van der Waals surface area contributed by atoms with Gasteiger partial charge >= 0.3 is 0 Å². The van der Waals surface area contributed by atoms with Crippen LogP contribution in [0.2, 0.25) is 0 Å². The predicted octanol–water partition coefficient (Wildman–Crippen LogP) is 2.26. The smallest absolute Gasteiger partial charge is 0.233 e. The highest BCUT2D eigenvalue weighted by Gasteiger charge is 2.53. The average molecular weight is 255 g/mol. The molecule has 1 amide bonds. The first-order valence-corrected chi connectivity index (χ1v) is 7.62. The molecular weight excluding hydrogens is 234 g/mol. The first kappa shape index (κ1) is 11.8. The lowest BCUT2D eigenvalue weighted by Crippen LogP contribution is -2.54. The summed E-state index contributed by atoms with van der Waals surface area (Å²) in [6, 6.07) is 0. The van der Waals surface area contributed by atoms with Gasteiger partial charge in [-0.2, -0.15) is 0 Å². The molecule has 0 saturated carbocycles. The van der Waals surface area contributed by atoms with Crippen LogP contribution in [0, 0.1) is 5.41 Å². The Balaban J connectivity index is 1.88. The Morgan fingerprint density at radius 1 is 1.41 bits per heavy atom. The normalized spacial score (nSPS) is 40.7. The van der Waals surface area contributed by atoms with E-state index in [0.717, 1.165) is 26.0 Å². The fourth-order valence-corrected chi connectivity index (χ4v) is 5.41. The van der Waals surface area contributed by atoms with Gasteiger partial charge in [-0.15, -0.1) is 11.8 Å². The van der Waals surface area contributed by atoms with Gasteiger partial charge < -0.3 is 9.64 Å². The van der Waals surface area contributed by atoms with Crippen LogP contribution in [0.3, 0.4) is 0 Å². The van der Waals surface area contributed by atoms with Crippen LogP contribution >= 0.6 is 11.8 Å². The Bertz CT molecular complexity index is 340. The minimum absolute atomic E-state index is 0.0204. The van der Waals surface area contributed by atoms with Crippen molar-refractivity contribution in [1.29, 1.82) is 0 Å². The summed E-state index contributed by atoms with van der Waals surface area (Å²) in [6.07, 6.45) is 4.65. The fraction of sp³-hybridized carbons (Fsp3) is 0.923. The highest BCUT2D eigenvalue weighted by molar-refractivity contribution is 8.01. The van der Waals surface area contributed by atoms with E-state index in [2.05, 4.69) is 18.7 Å². The summed E-state index contributed by atoms with van der Waals surface area (Å²) < 4.78 is 5.86. The van der Waals surface area contributed by atoms with Gasteiger partial charge in [0, 0.05) is 18.6 Å². The third-order valence-electron chi connectivity index (χ3n) is 4.44. The molecule has 2 unspecified atom stereocenters. The number of piperidine rings is 1. The number of amides is 1. The topological polar surface area (TPSA) is 29.5 Å². The number of ether oxygens (including phenoxy) is 1. The number of rotatable bonds is 0. The first-order chi connectivity index (χ1) is 8.03. The van der Waals surface area contributed by atoms with E-state index in [0.29, 0.717) is 22.4 Å². The fourth-order valence-electron chi connectivity index (χ4n) is 3.87. The summed E-state index contributed by atoms with van der Waals surface area (Å²) in [4.78, 5) is 14.0. The Kier molecular flexibility index (Phi) is 2.71. The van der Waals surface area contributed by atoms with Crippen LogP contribution in [0.4, 0.5) is 0 Å². The third-order valence-corrected chi connectivity index (χ3v) is 5.92. The molecule has 3 heterocycles. The maximum absolute atomic E-state index is 11.9. The largest absolute Gasteiger partial charge is 0.376 e. The molecule has 2 atom stereocenters. The van der Waals surface area contributed by atoms with E-state index in [-0.39, 0.29) is 5.60 Å². The predicted molar refractivity (Wildman–Crippen MR) is 68.9 cm³/mol. The lowest BCUT2D eigenvalue weighted by molar-refractivity contribution is -0.145. The van der Waals surface area contributed by atoms with Gasteiger partial charge in [-0.3, -0.25) is 4.79 Å². The van der Waals surface area contributed by atoms with Crippen LogP contribution < -0.4 is 0 Å². The van der Waals surface area contributed by atoms with Crippen molar-refractivity contribution >= 4 is 17.7 Å². The molecule has 1 spiro atoms. The number of carbonyl (C=O) groups excluding carboxylic acids is 1. The van der Waals surface area contributed by atoms with Crippen LogP contribution in [-0.2, 0) is 9.53 Å². The van der Waals surface area contributed by atoms with E-state index in [1.54, 1.807) is 0 Å². The summed E-state index contributed by atoms with van der Waals surface area (Å²) in [7, 11) is 0. The molecule has 0 aliphatic carbocycles. The van der Waals surface area contributed by atoms with Crippen molar-refractivity contribution in [2.45, 2.75) is 50.5 Å². The van der Waals surface area contributed by atoms with E-state index in [4.69, 9.17) is 4.74 Å². The summed E-state index contributed by atoms with van der Waals surface area (Å²) in [5, 5.41) is 0.423. The van der Waals surface area contributed by atoms with Gasteiger partial charge in [-0.1, -0.05) is 0 Å². The Morgan fingerprint density at radius 3 is 3.00 bits per heavy atom. The zero-order chi connectivity index (χ0) is 12.1. The standard InChI is InChI=1S/C13H21NO2S/c1-12(2)9-13(5-7-16-12)4-3-6-14-10(15)8-17-11(13)14/h11H,3-9H2,1-2H3. The monoisotopic (exact) mass is 255 g/mol. The highest BCUT2D eigenvalue weighted by Crippen LogP contribution is 2.53. The Labute approximate surface area is 107 Å². The quantitative estimate of drug-likeness (QED) is 0.665. The molecule has 0 aromatic rings. The second kappa shape index (κ2) is 3.89. The summed E-state index contributed by atoms with van der Waals surface area (Å²) in [5.41, 5.74) is 0.296. The van der Waals surface area contributed by atoms with E-state index < -0.39 is 0 Å². The molecule has 3 aliphatic heterocycles. The second-order valence-corrected chi connectivity index (χ2v) is 7.32. The zero-order valence-electron chi connectivity index (χ0n) is 10.7. The summed E-state index contributed by atoms with van der Waals surface area (Å²) >= 11 is 1.86. The van der Waals surface area contributed by atoms with E-state index in [1.807, 2.05) is 11.8 Å². The minimum atomic E-state index is -0.0204. The van der Waals surface area contributed by atoms with Crippen LogP contribution in [0.15, 0.2) is 0 Å². The molecule has 3 nitrogen and oxygen atoms in total. The first-order valence-electron chi connectivity index (χ1n) is 6.58. The molecule has 17 heavy (non-hydrogen) atoms. The second-order valence-electron chi connectivity index (χ2n) is 6.25. The van der Waals surface area contributed by atoms with Crippen molar-refractivity contribution in [3.8, 4) is 0 Å². The average Bonchev–Trinajstić information content (AvgIpc) is 2.61. The lowest BCUT2D eigenvalue weighted by Gasteiger charge is -2.52. The molecule has 4 heteroatoms. The number of fused-ring (bicyclic) bond motifs is 2. The van der Waals surface area contributed by atoms with Gasteiger partial charge in [0.2, 0.25) is 5.91 Å². The van der Waals surface area contributed by atoms with Crippen LogP contribution in [0.5, 0.6) is 0 Å². The van der Waals surface area contributed by atoms with E-state index >= 15 is 0 Å². The van der Waals surface area contributed by atoms with Gasteiger partial charge in [0.1, 0.15) is 0 Å². The van der Waals surface area contributed by atoms with Crippen molar-refractivity contribution in [2.75, 3.05) is 18.9 Å². The molecule has 96 valence electrons. The van der Waals surface area contributed by atoms with Crippen molar-refractivity contribution in [2.24, 2.45) is 5.41 Å². The maximum Gasteiger partial charge on any atom is 0.233 e. The molecule has 0 aromatic heterocycles. The molecule has 3 fully saturated rings. The molecule has 0 bridgehead atoms. The highest BCUT2D eigenvalue weighted by atomic mass is 32.2. The molecule has 3 aliphatic rings. The number of hydrogen-bond donors (Lipinski definition) is 0. The summed E-state index contributed by atoms with van der Waals surface area (Å²) in [6.45, 7) is 6.20. The SMILES string of the molecule is CC1(C)CC2(CCCN3C(=O)CSC32)CCO1. The minimum Gasteiger partial charge on any atom is -0.376 e. The summed E-state index contributed by atoms with van der Waals surface area (Å²) in [5.74, 6) is 1.04. The van der Waals surface area contributed by atoms with Gasteiger partial charge in [0.25, 0.3) is 0 Å². The molecule has 3 saturated heterocycles. The lowest BCUT2D eigenvalue weighted by atomic mass is 9.69. The van der Waals surface area contributed by atoms with Gasteiger partial charge in [-0.05, 0) is 39.5 Å². The molecule has 0 radical (unpaired) electrons. The van der Waals surface area contributed by atoms with Gasteiger partial charge in [-0.25, -0.2) is 0 Å². The Morgan fingerprint density at radius 2 is 2.24 bits per heavy atom. The van der Waals surface area contributed by atoms with Gasteiger partial charge in [0.15, 0.2) is 0 Å². The van der Waals surface area contributed by atoms with E-state index in [1.165, 1.54) is 12.8 Å². The van der Waals surface area contributed by atoms with Crippen molar-refractivity contribution in [3.05, 3.63) is 0 Å². The van der Waals surface area contributed by atoms with Crippen molar-refractivity contribution in [1.82, 2.24) is 4.90 Å². The third kappa shape index (κ3) is 1.89. The van der Waals surface area contributed by atoms with E-state index in [9.17, 15) is 4.79 Å². The van der Waals surface area contributed by atoms with Gasteiger partial charge in [0.05, 0.1) is 16.7 Å².